The molecule has 0 saturated carbocycles. The third-order valence-corrected chi connectivity index (χ3v) is 3.57. The van der Waals surface area contributed by atoms with E-state index in [0.29, 0.717) is 16.5 Å². The van der Waals surface area contributed by atoms with Crippen LogP contribution in [0.25, 0.3) is 0 Å². The minimum Gasteiger partial charge on any atom is -0.378 e. The summed E-state index contributed by atoms with van der Waals surface area (Å²) in [7, 11) is 0. The molecule has 2 rings (SSSR count). The molecule has 0 bridgehead atoms. The predicted molar refractivity (Wildman–Crippen MR) is 66.6 cm³/mol. The summed E-state index contributed by atoms with van der Waals surface area (Å²) in [5, 5.41) is 0. The smallest absolute Gasteiger partial charge is 0.163 e. The van der Waals surface area contributed by atoms with Gasteiger partial charge in [-0.1, -0.05) is 0 Å². The Bertz CT molecular complexity index is 414. The van der Waals surface area contributed by atoms with Crippen LogP contribution in [-0.4, -0.2) is 18.5 Å². The van der Waals surface area contributed by atoms with Crippen LogP contribution in [0.15, 0.2) is 22.7 Å². The Morgan fingerprint density at radius 2 is 2.35 bits per heavy atom. The van der Waals surface area contributed by atoms with Gasteiger partial charge in [-0.25, -0.2) is 4.39 Å². The summed E-state index contributed by atoms with van der Waals surface area (Å²) in [5.74, 6) is -0.304. The van der Waals surface area contributed by atoms with Gasteiger partial charge in [-0.2, -0.15) is 0 Å². The monoisotopic (exact) mass is 300 g/mol. The molecule has 4 heteroatoms. The van der Waals surface area contributed by atoms with Crippen molar-refractivity contribution in [2.75, 3.05) is 6.61 Å². The molecule has 0 aromatic heterocycles. The van der Waals surface area contributed by atoms with Crippen LogP contribution in [0.5, 0.6) is 0 Å². The molecule has 2 nitrogen and oxygen atoms in total. The van der Waals surface area contributed by atoms with Crippen molar-refractivity contribution in [2.45, 2.75) is 31.8 Å². The van der Waals surface area contributed by atoms with Crippen LogP contribution in [0.3, 0.4) is 0 Å². The fraction of sp³-hybridized carbons (Fsp3) is 0.462. The van der Waals surface area contributed by atoms with E-state index in [2.05, 4.69) is 15.9 Å². The zero-order valence-electron chi connectivity index (χ0n) is 9.42. The van der Waals surface area contributed by atoms with Crippen molar-refractivity contribution in [3.63, 3.8) is 0 Å². The number of carbonyl (C=O) groups is 1. The van der Waals surface area contributed by atoms with Crippen LogP contribution in [0.4, 0.5) is 4.39 Å². The fourth-order valence-corrected chi connectivity index (χ4v) is 2.36. The van der Waals surface area contributed by atoms with Crippen LogP contribution in [0, 0.1) is 5.82 Å². The number of ketones is 1. The summed E-state index contributed by atoms with van der Waals surface area (Å²) in [6.45, 7) is 0.807. The van der Waals surface area contributed by atoms with E-state index in [1.54, 1.807) is 0 Å². The van der Waals surface area contributed by atoms with E-state index in [9.17, 15) is 9.18 Å². The highest BCUT2D eigenvalue weighted by Gasteiger charge is 2.17. The van der Waals surface area contributed by atoms with Crippen molar-refractivity contribution in [2.24, 2.45) is 0 Å². The minimum atomic E-state index is -0.347. The molecule has 17 heavy (non-hydrogen) atoms. The van der Waals surface area contributed by atoms with E-state index >= 15 is 0 Å². The molecule has 1 fully saturated rings. The van der Waals surface area contributed by atoms with Gasteiger partial charge in [0.15, 0.2) is 5.78 Å². The molecule has 1 aliphatic heterocycles. The Morgan fingerprint density at radius 1 is 1.53 bits per heavy atom. The van der Waals surface area contributed by atoms with Crippen molar-refractivity contribution in [1.82, 2.24) is 0 Å². The minimum absolute atomic E-state index is 0.0428. The second-order valence-corrected chi connectivity index (χ2v) is 5.08. The van der Waals surface area contributed by atoms with Gasteiger partial charge in [0.05, 0.1) is 10.6 Å². The first kappa shape index (κ1) is 12.7. The molecule has 1 atom stereocenters. The van der Waals surface area contributed by atoms with Crippen molar-refractivity contribution in [3.05, 3.63) is 34.1 Å². The fourth-order valence-electron chi connectivity index (χ4n) is 1.98. The standard InChI is InChI=1S/C13H14BrFO2/c14-11-8-9(3-5-12(11)15)13(16)6-4-10-2-1-7-17-10/h3,5,8,10H,1-2,4,6-7H2. The van der Waals surface area contributed by atoms with E-state index in [1.807, 2.05) is 0 Å². The summed E-state index contributed by atoms with van der Waals surface area (Å²) in [6.07, 6.45) is 3.57. The van der Waals surface area contributed by atoms with Crippen LogP contribution < -0.4 is 0 Å². The molecular formula is C13H14BrFO2. The van der Waals surface area contributed by atoms with Crippen LogP contribution in [0.2, 0.25) is 0 Å². The van der Waals surface area contributed by atoms with Crippen LogP contribution in [0.1, 0.15) is 36.0 Å². The summed E-state index contributed by atoms with van der Waals surface area (Å²) >= 11 is 3.08. The summed E-state index contributed by atoms with van der Waals surface area (Å²) in [6, 6.07) is 4.37. The van der Waals surface area contributed by atoms with Gasteiger partial charge < -0.3 is 4.74 Å². The quantitative estimate of drug-likeness (QED) is 0.792. The number of rotatable bonds is 4. The molecule has 0 spiro atoms. The Hall–Kier alpha value is -0.740. The lowest BCUT2D eigenvalue weighted by molar-refractivity contribution is 0.0859. The molecule has 0 amide bonds. The molecule has 1 unspecified atom stereocenters. The van der Waals surface area contributed by atoms with Gasteiger partial charge in [0.25, 0.3) is 0 Å². The van der Waals surface area contributed by atoms with Crippen molar-refractivity contribution < 1.29 is 13.9 Å². The average molecular weight is 301 g/mol. The lowest BCUT2D eigenvalue weighted by Gasteiger charge is -2.08. The van der Waals surface area contributed by atoms with E-state index in [-0.39, 0.29) is 17.7 Å². The van der Waals surface area contributed by atoms with Crippen molar-refractivity contribution >= 4 is 21.7 Å². The maximum Gasteiger partial charge on any atom is 0.163 e. The molecule has 0 radical (unpaired) electrons. The maximum atomic E-state index is 13.0. The van der Waals surface area contributed by atoms with Gasteiger partial charge >= 0.3 is 0 Å². The number of ether oxygens (including phenoxy) is 1. The average Bonchev–Trinajstić information content (AvgIpc) is 2.82. The second-order valence-electron chi connectivity index (χ2n) is 4.23. The van der Waals surface area contributed by atoms with Crippen molar-refractivity contribution in [1.29, 1.82) is 0 Å². The molecule has 1 saturated heterocycles. The number of hydrogen-bond acceptors (Lipinski definition) is 2. The molecule has 0 aliphatic carbocycles. The summed E-state index contributed by atoms with van der Waals surface area (Å²) in [5.41, 5.74) is 0.552. The van der Waals surface area contributed by atoms with E-state index < -0.39 is 0 Å². The third-order valence-electron chi connectivity index (χ3n) is 2.96. The first-order valence-corrected chi connectivity index (χ1v) is 6.56. The molecular weight excluding hydrogens is 287 g/mol. The third kappa shape index (κ3) is 3.36. The van der Waals surface area contributed by atoms with Gasteiger partial charge in [0.2, 0.25) is 0 Å². The van der Waals surface area contributed by atoms with E-state index in [0.717, 1.165) is 25.9 Å². The lowest BCUT2D eigenvalue weighted by Crippen LogP contribution is -2.09. The van der Waals surface area contributed by atoms with Gasteiger partial charge in [0, 0.05) is 18.6 Å². The Kier molecular flexibility index (Phi) is 4.29. The van der Waals surface area contributed by atoms with Gasteiger partial charge in [0.1, 0.15) is 5.82 Å². The first-order chi connectivity index (χ1) is 8.16. The SMILES string of the molecule is O=C(CCC1CCCO1)c1ccc(F)c(Br)c1. The molecule has 0 N–H and O–H groups in total. The number of halogens is 2. The maximum absolute atomic E-state index is 13.0. The largest absolute Gasteiger partial charge is 0.378 e. The molecule has 1 aliphatic rings. The Balaban J connectivity index is 1.92. The van der Waals surface area contributed by atoms with Crippen LogP contribution >= 0.6 is 15.9 Å². The normalized spacial score (nSPS) is 19.5. The molecule has 1 aromatic carbocycles. The van der Waals surface area contributed by atoms with Crippen molar-refractivity contribution in [3.8, 4) is 0 Å². The first-order valence-electron chi connectivity index (χ1n) is 5.76. The van der Waals surface area contributed by atoms with Crippen LogP contribution in [-0.2, 0) is 4.74 Å². The lowest BCUT2D eigenvalue weighted by atomic mass is 10.0. The number of carbonyl (C=O) groups excluding carboxylic acids is 1. The predicted octanol–water partition coefficient (Wildman–Crippen LogP) is 3.73. The van der Waals surface area contributed by atoms with Gasteiger partial charge in [-0.05, 0) is 53.4 Å². The molecule has 92 valence electrons. The van der Waals surface area contributed by atoms with E-state index in [4.69, 9.17) is 4.74 Å². The highest BCUT2D eigenvalue weighted by atomic mass is 79.9. The van der Waals surface area contributed by atoms with Gasteiger partial charge in [-0.3, -0.25) is 4.79 Å². The zero-order chi connectivity index (χ0) is 12.3. The topological polar surface area (TPSA) is 26.3 Å². The number of benzene rings is 1. The zero-order valence-corrected chi connectivity index (χ0v) is 11.0. The number of Topliss-reactive ketones (excluding diaryl/α,β-unsaturated/α-hetero) is 1. The highest BCUT2D eigenvalue weighted by Crippen LogP contribution is 2.21. The number of hydrogen-bond donors (Lipinski definition) is 0. The second kappa shape index (κ2) is 5.74. The van der Waals surface area contributed by atoms with Gasteiger partial charge in [-0.15, -0.1) is 0 Å². The Labute approximate surface area is 108 Å². The molecule has 1 heterocycles. The molecule has 1 aromatic rings. The summed E-state index contributed by atoms with van der Waals surface area (Å²) < 4.78 is 18.8. The Morgan fingerprint density at radius 3 is 3.00 bits per heavy atom. The summed E-state index contributed by atoms with van der Waals surface area (Å²) in [4.78, 5) is 11.9. The highest BCUT2D eigenvalue weighted by molar-refractivity contribution is 9.10. The van der Waals surface area contributed by atoms with E-state index in [1.165, 1.54) is 18.2 Å².